The maximum absolute atomic E-state index is 8.69. The molecule has 0 fully saturated rings. The Morgan fingerprint density at radius 3 is 3.06 bits per heavy atom. The predicted octanol–water partition coefficient (Wildman–Crippen LogP) is 1.77. The molecule has 0 bridgehead atoms. The van der Waals surface area contributed by atoms with Gasteiger partial charge in [0.2, 0.25) is 5.95 Å². The summed E-state index contributed by atoms with van der Waals surface area (Å²) in [4.78, 5) is 12.4. The number of aryl methyl sites for hydroxylation is 1. The van der Waals surface area contributed by atoms with E-state index < -0.39 is 0 Å². The Kier molecular flexibility index (Phi) is 3.62. The second kappa shape index (κ2) is 5.37. The number of thiazole rings is 1. The summed E-state index contributed by atoms with van der Waals surface area (Å²) < 4.78 is 0. The van der Waals surface area contributed by atoms with Crippen molar-refractivity contribution < 1.29 is 0 Å². The van der Waals surface area contributed by atoms with E-state index in [9.17, 15) is 0 Å². The lowest BCUT2D eigenvalue weighted by molar-refractivity contribution is 0.959. The summed E-state index contributed by atoms with van der Waals surface area (Å²) in [7, 11) is 0. The van der Waals surface area contributed by atoms with E-state index in [4.69, 9.17) is 5.26 Å². The average molecular weight is 245 g/mol. The number of nitrogens with one attached hydrogen (secondary N) is 1. The van der Waals surface area contributed by atoms with Crippen molar-refractivity contribution in [1.29, 1.82) is 5.26 Å². The second-order valence-corrected chi connectivity index (χ2v) is 4.38. The molecular formula is C11H11N5S. The highest BCUT2D eigenvalue weighted by atomic mass is 32.1. The van der Waals surface area contributed by atoms with E-state index in [1.165, 1.54) is 0 Å². The van der Waals surface area contributed by atoms with Gasteiger partial charge >= 0.3 is 0 Å². The zero-order valence-electron chi connectivity index (χ0n) is 9.34. The van der Waals surface area contributed by atoms with Gasteiger partial charge in [0.25, 0.3) is 0 Å². The average Bonchev–Trinajstić information content (AvgIpc) is 2.75. The molecular weight excluding hydrogens is 234 g/mol. The van der Waals surface area contributed by atoms with Gasteiger partial charge < -0.3 is 5.32 Å². The third-order valence-electron chi connectivity index (χ3n) is 2.06. The number of hydrogen-bond donors (Lipinski definition) is 1. The van der Waals surface area contributed by atoms with Gasteiger partial charge in [-0.3, -0.25) is 0 Å². The fourth-order valence-electron chi connectivity index (χ4n) is 1.30. The minimum atomic E-state index is 0.368. The molecule has 6 heteroatoms. The molecule has 0 atom stereocenters. The van der Waals surface area contributed by atoms with Crippen LogP contribution in [-0.2, 0) is 6.42 Å². The summed E-state index contributed by atoms with van der Waals surface area (Å²) >= 11 is 1.65. The van der Waals surface area contributed by atoms with Crippen LogP contribution in [-0.4, -0.2) is 21.5 Å². The molecule has 0 saturated carbocycles. The van der Waals surface area contributed by atoms with Crippen LogP contribution in [0.1, 0.15) is 16.4 Å². The first-order valence-corrected chi connectivity index (χ1v) is 6.04. The molecule has 0 saturated heterocycles. The van der Waals surface area contributed by atoms with Crippen molar-refractivity contribution in [3.05, 3.63) is 34.0 Å². The number of nitrogens with zero attached hydrogens (tertiary/aromatic N) is 4. The van der Waals surface area contributed by atoms with Gasteiger partial charge in [-0.15, -0.1) is 11.3 Å². The Morgan fingerprint density at radius 1 is 1.47 bits per heavy atom. The second-order valence-electron chi connectivity index (χ2n) is 3.44. The molecule has 17 heavy (non-hydrogen) atoms. The van der Waals surface area contributed by atoms with Gasteiger partial charge in [-0.25, -0.2) is 15.0 Å². The summed E-state index contributed by atoms with van der Waals surface area (Å²) in [5, 5.41) is 14.9. The molecule has 5 nitrogen and oxygen atoms in total. The van der Waals surface area contributed by atoms with Crippen molar-refractivity contribution in [1.82, 2.24) is 15.0 Å². The van der Waals surface area contributed by atoms with Crippen LogP contribution >= 0.6 is 11.3 Å². The van der Waals surface area contributed by atoms with Crippen LogP contribution < -0.4 is 5.32 Å². The van der Waals surface area contributed by atoms with Crippen LogP contribution in [0.25, 0.3) is 0 Å². The molecule has 0 aromatic carbocycles. The normalized spacial score (nSPS) is 9.88. The Labute approximate surface area is 103 Å². The lowest BCUT2D eigenvalue weighted by Gasteiger charge is -2.02. The highest BCUT2D eigenvalue weighted by molar-refractivity contribution is 7.09. The molecule has 0 aliphatic heterocycles. The van der Waals surface area contributed by atoms with Gasteiger partial charge in [-0.2, -0.15) is 5.26 Å². The van der Waals surface area contributed by atoms with Crippen molar-refractivity contribution in [2.75, 3.05) is 11.9 Å². The van der Waals surface area contributed by atoms with E-state index in [2.05, 4.69) is 20.3 Å². The summed E-state index contributed by atoms with van der Waals surface area (Å²) in [6.07, 6.45) is 2.40. The van der Waals surface area contributed by atoms with Crippen LogP contribution in [0.5, 0.6) is 0 Å². The Morgan fingerprint density at radius 2 is 2.35 bits per heavy atom. The molecule has 0 spiro atoms. The smallest absolute Gasteiger partial charge is 0.223 e. The van der Waals surface area contributed by atoms with Gasteiger partial charge in [-0.1, -0.05) is 0 Å². The molecule has 2 aromatic rings. The molecule has 0 aliphatic carbocycles. The molecule has 0 radical (unpaired) electrons. The SMILES string of the molecule is Cc1csc(CCNc2nccc(C#N)n2)n1. The third kappa shape index (κ3) is 3.23. The third-order valence-corrected chi connectivity index (χ3v) is 3.09. The summed E-state index contributed by atoms with van der Waals surface area (Å²) in [6, 6.07) is 3.56. The zero-order valence-corrected chi connectivity index (χ0v) is 10.2. The van der Waals surface area contributed by atoms with Gasteiger partial charge in [-0.05, 0) is 13.0 Å². The first kappa shape index (κ1) is 11.5. The van der Waals surface area contributed by atoms with E-state index in [1.54, 1.807) is 23.6 Å². The van der Waals surface area contributed by atoms with Crippen LogP contribution in [0.2, 0.25) is 0 Å². The first-order valence-electron chi connectivity index (χ1n) is 5.16. The number of hydrogen-bond acceptors (Lipinski definition) is 6. The van der Waals surface area contributed by atoms with Crippen molar-refractivity contribution in [2.45, 2.75) is 13.3 Å². The highest BCUT2D eigenvalue weighted by Gasteiger charge is 2.00. The maximum Gasteiger partial charge on any atom is 0.223 e. The maximum atomic E-state index is 8.69. The summed E-state index contributed by atoms with van der Waals surface area (Å²) in [5.41, 5.74) is 1.42. The van der Waals surface area contributed by atoms with E-state index >= 15 is 0 Å². The zero-order chi connectivity index (χ0) is 12.1. The van der Waals surface area contributed by atoms with E-state index in [-0.39, 0.29) is 0 Å². The van der Waals surface area contributed by atoms with Crippen molar-refractivity contribution in [3.63, 3.8) is 0 Å². The monoisotopic (exact) mass is 245 g/mol. The number of rotatable bonds is 4. The molecule has 1 N–H and O–H groups in total. The highest BCUT2D eigenvalue weighted by Crippen LogP contribution is 2.09. The topological polar surface area (TPSA) is 74.5 Å². The number of aromatic nitrogens is 3. The molecule has 2 heterocycles. The number of nitriles is 1. The van der Waals surface area contributed by atoms with Crippen LogP contribution in [0.15, 0.2) is 17.6 Å². The van der Waals surface area contributed by atoms with Crippen LogP contribution in [0.4, 0.5) is 5.95 Å². The molecule has 2 aromatic heterocycles. The minimum absolute atomic E-state index is 0.368. The lowest BCUT2D eigenvalue weighted by Crippen LogP contribution is -2.08. The van der Waals surface area contributed by atoms with Crippen molar-refractivity contribution in [3.8, 4) is 6.07 Å². The molecule has 2 rings (SSSR count). The predicted molar refractivity (Wildman–Crippen MR) is 65.8 cm³/mol. The fraction of sp³-hybridized carbons (Fsp3) is 0.273. The van der Waals surface area contributed by atoms with E-state index in [1.807, 2.05) is 18.4 Å². The largest absolute Gasteiger partial charge is 0.354 e. The van der Waals surface area contributed by atoms with Crippen molar-refractivity contribution in [2.24, 2.45) is 0 Å². The van der Waals surface area contributed by atoms with Crippen LogP contribution in [0.3, 0.4) is 0 Å². The van der Waals surface area contributed by atoms with Crippen LogP contribution in [0, 0.1) is 18.3 Å². The van der Waals surface area contributed by atoms with Gasteiger partial charge in [0.15, 0.2) is 0 Å². The fourth-order valence-corrected chi connectivity index (χ4v) is 2.08. The van der Waals surface area contributed by atoms with Gasteiger partial charge in [0.05, 0.1) is 5.01 Å². The Bertz CT molecular complexity index is 543. The Balaban J connectivity index is 1.88. The molecule has 0 aliphatic rings. The molecule has 86 valence electrons. The Hall–Kier alpha value is -2.00. The standard InChI is InChI=1S/C11H11N5S/c1-8-7-17-10(15-8)3-5-14-11-13-4-2-9(6-12)16-11/h2,4,7H,3,5H2,1H3,(H,13,14,16). The summed E-state index contributed by atoms with van der Waals surface area (Å²) in [5.74, 6) is 0.484. The first-order chi connectivity index (χ1) is 8.28. The van der Waals surface area contributed by atoms with Crippen molar-refractivity contribution >= 4 is 17.3 Å². The minimum Gasteiger partial charge on any atom is -0.354 e. The quantitative estimate of drug-likeness (QED) is 0.888. The molecule has 0 unspecified atom stereocenters. The lowest BCUT2D eigenvalue weighted by atomic mass is 10.4. The summed E-state index contributed by atoms with van der Waals surface area (Å²) in [6.45, 7) is 2.69. The molecule has 0 amide bonds. The number of anilines is 1. The van der Waals surface area contributed by atoms with E-state index in [0.29, 0.717) is 18.2 Å². The van der Waals surface area contributed by atoms with Gasteiger partial charge in [0, 0.05) is 30.2 Å². The van der Waals surface area contributed by atoms with E-state index in [0.717, 1.165) is 17.1 Å². The van der Waals surface area contributed by atoms with Gasteiger partial charge in [0.1, 0.15) is 11.8 Å².